The molecule has 0 fully saturated rings. The summed E-state index contributed by atoms with van der Waals surface area (Å²) in [4.78, 5) is 12.3. The topological polar surface area (TPSA) is 84.5 Å². The highest BCUT2D eigenvalue weighted by Crippen LogP contribution is 2.24. The molecule has 1 aromatic carbocycles. The van der Waals surface area contributed by atoms with E-state index in [4.69, 9.17) is 4.74 Å². The van der Waals surface area contributed by atoms with Gasteiger partial charge in [0.25, 0.3) is 0 Å². The van der Waals surface area contributed by atoms with Gasteiger partial charge < -0.3 is 10.1 Å². The normalized spacial score (nSPS) is 15.9. The van der Waals surface area contributed by atoms with Crippen molar-refractivity contribution in [3.05, 3.63) is 35.4 Å². The van der Waals surface area contributed by atoms with Crippen LogP contribution in [0.15, 0.2) is 34.7 Å². The largest absolute Gasteiger partial charge is 0.495 e. The number of ether oxygens (including phenoxy) is 1. The number of amides is 1. The molecule has 1 aliphatic rings. The first-order valence-electron chi connectivity index (χ1n) is 8.96. The van der Waals surface area contributed by atoms with Gasteiger partial charge >= 0.3 is 0 Å². The fraction of sp³-hybridized carbons (Fsp3) is 0.526. The molecule has 0 aromatic heterocycles. The zero-order valence-corrected chi connectivity index (χ0v) is 16.5. The smallest absolute Gasteiger partial charge is 0.244 e. The highest BCUT2D eigenvalue weighted by molar-refractivity contribution is 7.89. The molecule has 1 atom stereocenters. The van der Waals surface area contributed by atoms with Crippen LogP contribution in [-0.4, -0.2) is 34.0 Å². The maximum atomic E-state index is 12.6. The van der Waals surface area contributed by atoms with Gasteiger partial charge in [-0.1, -0.05) is 17.7 Å². The predicted octanol–water partition coefficient (Wildman–Crippen LogP) is 2.68. The zero-order chi connectivity index (χ0) is 19.2. The first-order valence-corrected chi connectivity index (χ1v) is 10.4. The summed E-state index contributed by atoms with van der Waals surface area (Å²) in [6, 6.07) is 4.03. The molecular formula is C19H28N2O4S. The minimum absolute atomic E-state index is 0.0343. The molecule has 0 heterocycles. The van der Waals surface area contributed by atoms with Crippen molar-refractivity contribution < 1.29 is 17.9 Å². The van der Waals surface area contributed by atoms with Crippen LogP contribution in [-0.2, 0) is 14.8 Å². The number of allylic oxidation sites excluding steroid dienone is 1. The van der Waals surface area contributed by atoms with Gasteiger partial charge in [0.05, 0.1) is 13.2 Å². The van der Waals surface area contributed by atoms with Crippen LogP contribution in [0.3, 0.4) is 0 Å². The third-order valence-electron chi connectivity index (χ3n) is 4.46. The monoisotopic (exact) mass is 380 g/mol. The molecule has 0 saturated carbocycles. The molecule has 26 heavy (non-hydrogen) atoms. The van der Waals surface area contributed by atoms with E-state index in [1.807, 2.05) is 0 Å². The lowest BCUT2D eigenvalue weighted by Gasteiger charge is -2.17. The molecule has 144 valence electrons. The molecule has 1 aliphatic carbocycles. The number of carbonyl (C=O) groups is 1. The molecule has 0 unspecified atom stereocenters. The molecule has 1 aromatic rings. The van der Waals surface area contributed by atoms with Gasteiger partial charge in [-0.05, 0) is 63.6 Å². The van der Waals surface area contributed by atoms with Crippen molar-refractivity contribution in [2.24, 2.45) is 0 Å². The van der Waals surface area contributed by atoms with Gasteiger partial charge in [-0.25, -0.2) is 8.42 Å². The van der Waals surface area contributed by atoms with Gasteiger partial charge in [0.15, 0.2) is 0 Å². The van der Waals surface area contributed by atoms with Crippen molar-refractivity contribution in [2.75, 3.05) is 13.7 Å². The average Bonchev–Trinajstić information content (AvgIpc) is 2.62. The first kappa shape index (κ1) is 20.5. The summed E-state index contributed by atoms with van der Waals surface area (Å²) in [5.74, 6) is -0.0865. The summed E-state index contributed by atoms with van der Waals surface area (Å²) in [6.45, 7) is 3.86. The van der Waals surface area contributed by atoms with Crippen LogP contribution in [0.2, 0.25) is 0 Å². The van der Waals surface area contributed by atoms with Gasteiger partial charge in [-0.3, -0.25) is 4.79 Å². The van der Waals surface area contributed by atoms with Gasteiger partial charge in [-0.2, -0.15) is 4.72 Å². The summed E-state index contributed by atoms with van der Waals surface area (Å²) in [6.07, 6.45) is 7.69. The van der Waals surface area contributed by atoms with Crippen molar-refractivity contribution >= 4 is 15.9 Å². The van der Waals surface area contributed by atoms with E-state index in [1.165, 1.54) is 38.5 Å². The number of aryl methyl sites for hydroxylation is 1. The van der Waals surface area contributed by atoms with Crippen LogP contribution in [0, 0.1) is 6.92 Å². The average molecular weight is 381 g/mol. The number of carbonyl (C=O) groups excluding carboxylic acids is 1. The number of sulfonamides is 1. The summed E-state index contributed by atoms with van der Waals surface area (Å²) < 4.78 is 32.8. The molecule has 0 saturated heterocycles. The Morgan fingerprint density at radius 3 is 2.73 bits per heavy atom. The quantitative estimate of drug-likeness (QED) is 0.679. The van der Waals surface area contributed by atoms with E-state index in [9.17, 15) is 13.2 Å². The summed E-state index contributed by atoms with van der Waals surface area (Å²) in [5.41, 5.74) is 2.17. The Balaban J connectivity index is 1.94. The summed E-state index contributed by atoms with van der Waals surface area (Å²) in [7, 11) is -2.45. The van der Waals surface area contributed by atoms with Crippen molar-refractivity contribution in [1.82, 2.24) is 10.0 Å². The Hall–Kier alpha value is -1.86. The van der Waals surface area contributed by atoms with E-state index in [2.05, 4.69) is 16.1 Å². The van der Waals surface area contributed by atoms with E-state index >= 15 is 0 Å². The number of benzene rings is 1. The fourth-order valence-electron chi connectivity index (χ4n) is 2.97. The van der Waals surface area contributed by atoms with Crippen molar-refractivity contribution in [3.8, 4) is 5.75 Å². The Morgan fingerprint density at radius 2 is 2.08 bits per heavy atom. The standard InChI is InChI=1S/C19H28N2O4S/c1-14-9-10-17(25-3)18(13-14)26(23,24)21-15(2)19(22)20-12-11-16-7-5-4-6-8-16/h7,9-10,13,15,21H,4-6,8,11-12H2,1-3H3,(H,20,22)/t15-/m1/s1. The molecule has 1 amide bonds. The SMILES string of the molecule is COc1ccc(C)cc1S(=O)(=O)N[C@H](C)C(=O)NCCC1=CCCCC1. The summed E-state index contributed by atoms with van der Waals surface area (Å²) >= 11 is 0. The summed E-state index contributed by atoms with van der Waals surface area (Å²) in [5, 5.41) is 2.81. The third-order valence-corrected chi connectivity index (χ3v) is 6.03. The second kappa shape index (κ2) is 9.19. The van der Waals surface area contributed by atoms with Gasteiger partial charge in [0.1, 0.15) is 10.6 Å². The highest BCUT2D eigenvalue weighted by Gasteiger charge is 2.25. The predicted molar refractivity (Wildman–Crippen MR) is 102 cm³/mol. The number of hydrogen-bond acceptors (Lipinski definition) is 4. The lowest BCUT2D eigenvalue weighted by atomic mass is 9.97. The third kappa shape index (κ3) is 5.57. The number of nitrogens with one attached hydrogen (secondary N) is 2. The van der Waals surface area contributed by atoms with Crippen LogP contribution in [0.4, 0.5) is 0 Å². The molecule has 2 N–H and O–H groups in total. The molecule has 6 nitrogen and oxygen atoms in total. The van der Waals surface area contributed by atoms with E-state index in [0.29, 0.717) is 6.54 Å². The van der Waals surface area contributed by atoms with E-state index in [-0.39, 0.29) is 16.6 Å². The Labute approximate surface area is 156 Å². The number of methoxy groups -OCH3 is 1. The lowest BCUT2D eigenvalue weighted by Crippen LogP contribution is -2.45. The van der Waals surface area contributed by atoms with Crippen molar-refractivity contribution in [1.29, 1.82) is 0 Å². The van der Waals surface area contributed by atoms with Crippen LogP contribution in [0.5, 0.6) is 5.75 Å². The Morgan fingerprint density at radius 1 is 1.31 bits per heavy atom. The fourth-order valence-corrected chi connectivity index (χ4v) is 4.43. The van der Waals surface area contributed by atoms with Crippen LogP contribution in [0.25, 0.3) is 0 Å². The first-order chi connectivity index (χ1) is 12.3. The van der Waals surface area contributed by atoms with Crippen LogP contribution >= 0.6 is 0 Å². The van der Waals surface area contributed by atoms with Gasteiger partial charge in [-0.15, -0.1) is 0 Å². The number of hydrogen-bond donors (Lipinski definition) is 2. The second-order valence-electron chi connectivity index (χ2n) is 6.65. The minimum Gasteiger partial charge on any atom is -0.495 e. The molecule has 0 radical (unpaired) electrons. The molecule has 2 rings (SSSR count). The van der Waals surface area contributed by atoms with Crippen molar-refractivity contribution in [2.45, 2.75) is 56.9 Å². The van der Waals surface area contributed by atoms with E-state index in [1.54, 1.807) is 19.1 Å². The van der Waals surface area contributed by atoms with E-state index in [0.717, 1.165) is 24.8 Å². The van der Waals surface area contributed by atoms with Crippen LogP contribution in [0.1, 0.15) is 44.6 Å². The molecular weight excluding hydrogens is 352 g/mol. The Kier molecular flexibility index (Phi) is 7.23. The maximum Gasteiger partial charge on any atom is 0.244 e. The number of rotatable bonds is 8. The molecule has 7 heteroatoms. The zero-order valence-electron chi connectivity index (χ0n) is 15.7. The van der Waals surface area contributed by atoms with Gasteiger partial charge in [0, 0.05) is 6.54 Å². The maximum absolute atomic E-state index is 12.6. The molecule has 0 aliphatic heterocycles. The molecule has 0 bridgehead atoms. The highest BCUT2D eigenvalue weighted by atomic mass is 32.2. The molecule has 0 spiro atoms. The Bertz CT molecular complexity index is 772. The van der Waals surface area contributed by atoms with Crippen LogP contribution < -0.4 is 14.8 Å². The lowest BCUT2D eigenvalue weighted by molar-refractivity contribution is -0.122. The van der Waals surface area contributed by atoms with Crippen molar-refractivity contribution in [3.63, 3.8) is 0 Å². The minimum atomic E-state index is -3.86. The van der Waals surface area contributed by atoms with E-state index < -0.39 is 16.1 Å². The van der Waals surface area contributed by atoms with Gasteiger partial charge in [0.2, 0.25) is 15.9 Å². The second-order valence-corrected chi connectivity index (χ2v) is 8.33.